The topological polar surface area (TPSA) is 106 Å². The average Bonchev–Trinajstić information content (AvgIpc) is 3.11. The number of ether oxygens (including phenoxy) is 1. The third-order valence-electron chi connectivity index (χ3n) is 2.43. The van der Waals surface area contributed by atoms with Crippen molar-refractivity contribution in [2.45, 2.75) is 31.0 Å². The maximum Gasteiger partial charge on any atom is 0.413 e. The molecule has 2 N–H and O–H groups in total. The smallest absolute Gasteiger partial charge is 0.413 e. The zero-order valence-corrected chi connectivity index (χ0v) is 11.2. The number of hydrogen-bond donors (Lipinski definition) is 2. The van der Waals surface area contributed by atoms with Crippen LogP contribution in [0.1, 0.15) is 25.8 Å². The van der Waals surface area contributed by atoms with Crippen LogP contribution in [0.4, 0.5) is 4.79 Å². The van der Waals surface area contributed by atoms with E-state index in [1.165, 1.54) is 0 Å². The molecule has 19 heavy (non-hydrogen) atoms. The molecule has 1 fully saturated rings. The van der Waals surface area contributed by atoms with E-state index < -0.39 is 12.0 Å². The highest BCUT2D eigenvalue weighted by molar-refractivity contribution is 7.99. The Kier molecular flexibility index (Phi) is 4.25. The highest BCUT2D eigenvalue weighted by Crippen LogP contribution is 2.35. The first kappa shape index (κ1) is 13.7. The molecule has 1 heterocycles. The molecular formula is C10H14N4O4S. The Hall–Kier alpha value is -1.77. The Balaban J connectivity index is 1.87. The Labute approximate surface area is 112 Å². The van der Waals surface area contributed by atoms with Gasteiger partial charge in [0.15, 0.2) is 5.16 Å². The summed E-state index contributed by atoms with van der Waals surface area (Å²) >= 11 is 1.11. The molecule has 0 aromatic carbocycles. The monoisotopic (exact) mass is 286 g/mol. The van der Waals surface area contributed by atoms with Crippen molar-refractivity contribution >= 4 is 23.8 Å². The molecule has 1 aliphatic carbocycles. The Morgan fingerprint density at radius 2 is 2.32 bits per heavy atom. The second kappa shape index (κ2) is 5.91. The highest BCUT2D eigenvalue weighted by atomic mass is 32.2. The van der Waals surface area contributed by atoms with Crippen LogP contribution in [0, 0.1) is 0 Å². The number of imide groups is 1. The molecule has 0 saturated heterocycles. The molecule has 9 heteroatoms. The zero-order valence-electron chi connectivity index (χ0n) is 10.3. The fourth-order valence-electron chi connectivity index (χ4n) is 1.49. The molecule has 0 radical (unpaired) electrons. The van der Waals surface area contributed by atoms with Crippen molar-refractivity contribution < 1.29 is 14.3 Å². The minimum Gasteiger partial charge on any atom is -0.450 e. The van der Waals surface area contributed by atoms with Crippen LogP contribution in [0.2, 0.25) is 0 Å². The van der Waals surface area contributed by atoms with E-state index in [1.807, 2.05) is 0 Å². The largest absolute Gasteiger partial charge is 0.450 e. The van der Waals surface area contributed by atoms with E-state index in [4.69, 9.17) is 0 Å². The molecule has 0 aliphatic heterocycles. The van der Waals surface area contributed by atoms with Crippen molar-refractivity contribution in [3.63, 3.8) is 0 Å². The quantitative estimate of drug-likeness (QED) is 0.753. The number of nitrogens with zero attached hydrogens (tertiary/aromatic N) is 2. The van der Waals surface area contributed by atoms with E-state index in [0.717, 1.165) is 24.6 Å². The van der Waals surface area contributed by atoms with Crippen LogP contribution in [-0.2, 0) is 9.53 Å². The predicted octanol–water partition coefficient (Wildman–Crippen LogP) is 0.271. The number of H-pyrrole nitrogens is 1. The zero-order chi connectivity index (χ0) is 13.8. The Morgan fingerprint density at radius 1 is 1.58 bits per heavy atom. The number of aromatic amines is 1. The number of rotatable bonds is 5. The van der Waals surface area contributed by atoms with Gasteiger partial charge in [-0.05, 0) is 19.8 Å². The van der Waals surface area contributed by atoms with Gasteiger partial charge in [0.25, 0.3) is 0 Å². The number of amides is 2. The minimum atomic E-state index is -0.769. The van der Waals surface area contributed by atoms with Crippen molar-refractivity contribution in [2.24, 2.45) is 0 Å². The van der Waals surface area contributed by atoms with Crippen LogP contribution >= 0.6 is 11.8 Å². The molecule has 1 saturated carbocycles. The fourth-order valence-corrected chi connectivity index (χ4v) is 2.31. The highest BCUT2D eigenvalue weighted by Gasteiger charge is 2.28. The molecule has 2 rings (SSSR count). The van der Waals surface area contributed by atoms with Gasteiger partial charge in [-0.3, -0.25) is 14.7 Å². The lowest BCUT2D eigenvalue weighted by atomic mass is 10.7. The summed E-state index contributed by atoms with van der Waals surface area (Å²) in [6.45, 7) is 1.85. The lowest BCUT2D eigenvalue weighted by molar-refractivity contribution is -0.117. The van der Waals surface area contributed by atoms with Crippen molar-refractivity contribution in [3.8, 4) is 0 Å². The van der Waals surface area contributed by atoms with E-state index in [9.17, 15) is 14.4 Å². The van der Waals surface area contributed by atoms with Gasteiger partial charge in [0.05, 0.1) is 12.4 Å². The molecule has 0 atom stereocenters. The van der Waals surface area contributed by atoms with Crippen LogP contribution in [0.3, 0.4) is 0 Å². The van der Waals surface area contributed by atoms with E-state index >= 15 is 0 Å². The van der Waals surface area contributed by atoms with E-state index in [2.05, 4.69) is 20.3 Å². The van der Waals surface area contributed by atoms with Crippen molar-refractivity contribution in [2.75, 3.05) is 12.4 Å². The van der Waals surface area contributed by atoms with Gasteiger partial charge < -0.3 is 4.74 Å². The molecule has 1 aromatic rings. The van der Waals surface area contributed by atoms with Gasteiger partial charge in [0.2, 0.25) is 5.91 Å². The predicted molar refractivity (Wildman–Crippen MR) is 67.0 cm³/mol. The van der Waals surface area contributed by atoms with Crippen molar-refractivity contribution in [1.29, 1.82) is 0 Å². The summed E-state index contributed by atoms with van der Waals surface area (Å²) in [6.07, 6.45) is 1.12. The molecule has 0 unspecified atom stereocenters. The third kappa shape index (κ3) is 3.60. The lowest BCUT2D eigenvalue weighted by Gasteiger charge is -2.04. The lowest BCUT2D eigenvalue weighted by Crippen LogP contribution is -2.32. The first-order valence-electron chi connectivity index (χ1n) is 5.88. The van der Waals surface area contributed by atoms with E-state index in [1.54, 1.807) is 11.5 Å². The normalized spacial score (nSPS) is 14.2. The molecule has 8 nitrogen and oxygen atoms in total. The Morgan fingerprint density at radius 3 is 2.95 bits per heavy atom. The standard InChI is InChI=1S/C10H14N4O4S/c1-2-18-10(17)11-7(15)5-19-9-13-12-8(16)14(9)6-3-4-6/h6H,2-5H2,1H3,(H,12,16)(H,11,15,17). The van der Waals surface area contributed by atoms with Gasteiger partial charge >= 0.3 is 11.8 Å². The first-order chi connectivity index (χ1) is 9.11. The second-order valence-electron chi connectivity index (χ2n) is 3.97. The van der Waals surface area contributed by atoms with Gasteiger partial charge in [-0.1, -0.05) is 11.8 Å². The maximum atomic E-state index is 11.5. The average molecular weight is 286 g/mol. The summed E-state index contributed by atoms with van der Waals surface area (Å²) in [5.41, 5.74) is -0.268. The number of thioether (sulfide) groups is 1. The summed E-state index contributed by atoms with van der Waals surface area (Å²) in [7, 11) is 0. The van der Waals surface area contributed by atoms with Crippen LogP contribution in [0.5, 0.6) is 0 Å². The molecule has 104 valence electrons. The minimum absolute atomic E-state index is 0.00414. The number of carbonyl (C=O) groups is 2. The van der Waals surface area contributed by atoms with E-state index in [-0.39, 0.29) is 24.1 Å². The molecule has 1 aromatic heterocycles. The summed E-state index contributed by atoms with van der Waals surface area (Å²) < 4.78 is 6.13. The van der Waals surface area contributed by atoms with Gasteiger partial charge in [0.1, 0.15) is 0 Å². The van der Waals surface area contributed by atoms with Crippen molar-refractivity contribution in [1.82, 2.24) is 20.1 Å². The van der Waals surface area contributed by atoms with Crippen LogP contribution in [0.25, 0.3) is 0 Å². The third-order valence-corrected chi connectivity index (χ3v) is 3.39. The molecule has 0 bridgehead atoms. The molecule has 1 aliphatic rings. The second-order valence-corrected chi connectivity index (χ2v) is 4.91. The van der Waals surface area contributed by atoms with Gasteiger partial charge in [-0.2, -0.15) is 0 Å². The van der Waals surface area contributed by atoms with Gasteiger partial charge in [-0.15, -0.1) is 5.10 Å². The summed E-state index contributed by atoms with van der Waals surface area (Å²) in [5.74, 6) is -0.489. The summed E-state index contributed by atoms with van der Waals surface area (Å²) in [4.78, 5) is 33.9. The Bertz CT molecular complexity index is 534. The van der Waals surface area contributed by atoms with Crippen LogP contribution < -0.4 is 11.0 Å². The summed E-state index contributed by atoms with van der Waals surface area (Å²) in [6, 6.07) is 0.182. The van der Waals surface area contributed by atoms with Crippen LogP contribution in [0.15, 0.2) is 9.95 Å². The SMILES string of the molecule is CCOC(=O)NC(=O)CSc1n[nH]c(=O)n1C1CC1. The van der Waals surface area contributed by atoms with Crippen LogP contribution in [-0.4, -0.2) is 39.1 Å². The van der Waals surface area contributed by atoms with Gasteiger partial charge in [0, 0.05) is 6.04 Å². The number of carbonyl (C=O) groups excluding carboxylic acids is 2. The maximum absolute atomic E-state index is 11.5. The molecular weight excluding hydrogens is 272 g/mol. The number of alkyl carbamates (subject to hydrolysis) is 1. The molecule has 0 spiro atoms. The number of hydrogen-bond acceptors (Lipinski definition) is 6. The molecule has 2 amide bonds. The van der Waals surface area contributed by atoms with E-state index in [0.29, 0.717) is 5.16 Å². The van der Waals surface area contributed by atoms with Crippen molar-refractivity contribution in [3.05, 3.63) is 10.5 Å². The number of aromatic nitrogens is 3. The first-order valence-corrected chi connectivity index (χ1v) is 6.86. The fraction of sp³-hybridized carbons (Fsp3) is 0.600. The number of nitrogens with one attached hydrogen (secondary N) is 2. The summed E-state index contributed by atoms with van der Waals surface area (Å²) in [5, 5.41) is 8.75. The van der Waals surface area contributed by atoms with Gasteiger partial charge in [-0.25, -0.2) is 14.7 Å².